The number of nitrogens with zero attached hydrogens (tertiary/aromatic N) is 4. The molecule has 1 heterocycles. The highest BCUT2D eigenvalue weighted by Gasteiger charge is 2.05. The van der Waals surface area contributed by atoms with Crippen LogP contribution in [-0.2, 0) is 0 Å². The van der Waals surface area contributed by atoms with E-state index < -0.39 is 0 Å². The standard InChI is InChI=1S/C12H18N4O/c1-10(2)9-17-12-8-14-7-11(15-12)16(3)6-4-5-13/h7-8,10H,4,6,9H2,1-3H3. The Morgan fingerprint density at radius 2 is 2.24 bits per heavy atom. The minimum Gasteiger partial charge on any atom is -0.476 e. The van der Waals surface area contributed by atoms with E-state index in [0.717, 1.165) is 5.82 Å². The Labute approximate surface area is 102 Å². The Balaban J connectivity index is 2.62. The summed E-state index contributed by atoms with van der Waals surface area (Å²) in [7, 11) is 1.88. The van der Waals surface area contributed by atoms with Crippen molar-refractivity contribution in [3.63, 3.8) is 0 Å². The summed E-state index contributed by atoms with van der Waals surface area (Å²) >= 11 is 0. The van der Waals surface area contributed by atoms with Crippen LogP contribution in [0, 0.1) is 17.2 Å². The summed E-state index contributed by atoms with van der Waals surface area (Å²) in [5, 5.41) is 8.52. The smallest absolute Gasteiger partial charge is 0.234 e. The minimum atomic E-state index is 0.455. The van der Waals surface area contributed by atoms with Crippen LogP contribution in [-0.4, -0.2) is 30.2 Å². The lowest BCUT2D eigenvalue weighted by Crippen LogP contribution is -2.20. The molecule has 0 radical (unpaired) electrons. The molecule has 1 aromatic heterocycles. The molecule has 0 aromatic carbocycles. The molecule has 17 heavy (non-hydrogen) atoms. The van der Waals surface area contributed by atoms with Crippen LogP contribution in [0.2, 0.25) is 0 Å². The molecule has 1 aromatic rings. The molecule has 0 spiro atoms. The lowest BCUT2D eigenvalue weighted by molar-refractivity contribution is 0.260. The largest absolute Gasteiger partial charge is 0.476 e. The second kappa shape index (κ2) is 6.69. The van der Waals surface area contributed by atoms with E-state index in [9.17, 15) is 0 Å². The molecular formula is C12H18N4O. The Morgan fingerprint density at radius 1 is 1.47 bits per heavy atom. The molecule has 1 rings (SSSR count). The third-order valence-corrected chi connectivity index (χ3v) is 2.11. The molecule has 0 saturated carbocycles. The fourth-order valence-corrected chi connectivity index (χ4v) is 1.18. The molecule has 0 aliphatic rings. The van der Waals surface area contributed by atoms with E-state index in [2.05, 4.69) is 29.9 Å². The molecule has 0 bridgehead atoms. The maximum atomic E-state index is 8.52. The third-order valence-electron chi connectivity index (χ3n) is 2.11. The van der Waals surface area contributed by atoms with Gasteiger partial charge in [0.15, 0.2) is 5.82 Å². The molecule has 5 nitrogen and oxygen atoms in total. The van der Waals surface area contributed by atoms with Crippen molar-refractivity contribution in [2.45, 2.75) is 20.3 Å². The van der Waals surface area contributed by atoms with E-state index in [1.165, 1.54) is 0 Å². The van der Waals surface area contributed by atoms with Gasteiger partial charge in [-0.25, -0.2) is 0 Å². The normalized spacial score (nSPS) is 10.1. The van der Waals surface area contributed by atoms with Gasteiger partial charge in [0.2, 0.25) is 5.88 Å². The molecule has 92 valence electrons. The zero-order valence-electron chi connectivity index (χ0n) is 10.6. The predicted octanol–water partition coefficient (Wildman–Crippen LogP) is 1.86. The maximum Gasteiger partial charge on any atom is 0.234 e. The quantitative estimate of drug-likeness (QED) is 0.751. The van der Waals surface area contributed by atoms with Crippen LogP contribution in [0.4, 0.5) is 5.82 Å². The van der Waals surface area contributed by atoms with Crippen molar-refractivity contribution in [2.24, 2.45) is 5.92 Å². The zero-order chi connectivity index (χ0) is 12.7. The minimum absolute atomic E-state index is 0.455. The fourth-order valence-electron chi connectivity index (χ4n) is 1.18. The van der Waals surface area contributed by atoms with E-state index in [-0.39, 0.29) is 0 Å². The highest BCUT2D eigenvalue weighted by molar-refractivity contribution is 5.36. The number of hydrogen-bond donors (Lipinski definition) is 0. The summed E-state index contributed by atoms with van der Waals surface area (Å²) in [6, 6.07) is 2.10. The first-order valence-corrected chi connectivity index (χ1v) is 5.66. The van der Waals surface area contributed by atoms with Gasteiger partial charge in [-0.15, -0.1) is 0 Å². The van der Waals surface area contributed by atoms with Crippen LogP contribution >= 0.6 is 0 Å². The molecule has 0 fully saturated rings. The Hall–Kier alpha value is -1.83. The number of aromatic nitrogens is 2. The van der Waals surface area contributed by atoms with Gasteiger partial charge in [0.1, 0.15) is 0 Å². The van der Waals surface area contributed by atoms with E-state index in [1.807, 2.05) is 11.9 Å². The van der Waals surface area contributed by atoms with Crippen LogP contribution < -0.4 is 9.64 Å². The highest BCUT2D eigenvalue weighted by Crippen LogP contribution is 2.13. The van der Waals surface area contributed by atoms with Crippen molar-refractivity contribution in [3.05, 3.63) is 12.4 Å². The van der Waals surface area contributed by atoms with Gasteiger partial charge in [0.25, 0.3) is 0 Å². The Bertz CT molecular complexity index is 386. The van der Waals surface area contributed by atoms with E-state index in [1.54, 1.807) is 12.4 Å². The first kappa shape index (κ1) is 13.2. The number of nitriles is 1. The molecule has 0 unspecified atom stereocenters. The zero-order valence-corrected chi connectivity index (χ0v) is 10.6. The summed E-state index contributed by atoms with van der Waals surface area (Å²) in [5.74, 6) is 1.71. The van der Waals surface area contributed by atoms with Gasteiger partial charge in [0, 0.05) is 13.6 Å². The molecule has 5 heteroatoms. The molecule has 0 saturated heterocycles. The van der Waals surface area contributed by atoms with Gasteiger partial charge < -0.3 is 9.64 Å². The van der Waals surface area contributed by atoms with Crippen molar-refractivity contribution in [2.75, 3.05) is 25.1 Å². The molecule has 0 N–H and O–H groups in total. The van der Waals surface area contributed by atoms with E-state index in [0.29, 0.717) is 31.4 Å². The molecule has 0 atom stereocenters. The predicted molar refractivity (Wildman–Crippen MR) is 65.9 cm³/mol. The van der Waals surface area contributed by atoms with Crippen molar-refractivity contribution in [3.8, 4) is 11.9 Å². The van der Waals surface area contributed by atoms with E-state index in [4.69, 9.17) is 10.00 Å². The molecular weight excluding hydrogens is 216 g/mol. The van der Waals surface area contributed by atoms with Gasteiger partial charge in [-0.05, 0) is 5.92 Å². The summed E-state index contributed by atoms with van der Waals surface area (Å²) < 4.78 is 5.50. The first-order chi connectivity index (χ1) is 8.13. The lowest BCUT2D eigenvalue weighted by Gasteiger charge is -2.16. The summed E-state index contributed by atoms with van der Waals surface area (Å²) in [6.07, 6.45) is 3.74. The van der Waals surface area contributed by atoms with Crippen molar-refractivity contribution in [1.29, 1.82) is 5.26 Å². The van der Waals surface area contributed by atoms with Gasteiger partial charge in [-0.1, -0.05) is 13.8 Å². The van der Waals surface area contributed by atoms with Gasteiger partial charge >= 0.3 is 0 Å². The van der Waals surface area contributed by atoms with Crippen molar-refractivity contribution in [1.82, 2.24) is 9.97 Å². The van der Waals surface area contributed by atoms with Crippen LogP contribution in [0.15, 0.2) is 12.4 Å². The molecule has 0 aliphatic carbocycles. The van der Waals surface area contributed by atoms with Crippen LogP contribution in [0.5, 0.6) is 5.88 Å². The summed E-state index contributed by atoms with van der Waals surface area (Å²) in [4.78, 5) is 10.3. The first-order valence-electron chi connectivity index (χ1n) is 5.66. The second-order valence-corrected chi connectivity index (χ2v) is 4.25. The van der Waals surface area contributed by atoms with Crippen molar-refractivity contribution < 1.29 is 4.74 Å². The average molecular weight is 234 g/mol. The van der Waals surface area contributed by atoms with Gasteiger partial charge in [-0.2, -0.15) is 10.2 Å². The average Bonchev–Trinajstić information content (AvgIpc) is 2.33. The van der Waals surface area contributed by atoms with Crippen LogP contribution in [0.25, 0.3) is 0 Å². The maximum absolute atomic E-state index is 8.52. The lowest BCUT2D eigenvalue weighted by atomic mass is 10.2. The number of anilines is 1. The van der Waals surface area contributed by atoms with Crippen LogP contribution in [0.1, 0.15) is 20.3 Å². The molecule has 0 aliphatic heterocycles. The Kier molecular flexibility index (Phi) is 5.21. The fraction of sp³-hybridized carbons (Fsp3) is 0.583. The summed E-state index contributed by atoms with van der Waals surface area (Å²) in [5.41, 5.74) is 0. The van der Waals surface area contributed by atoms with Crippen LogP contribution in [0.3, 0.4) is 0 Å². The number of rotatable bonds is 6. The van der Waals surface area contributed by atoms with Gasteiger partial charge in [0.05, 0.1) is 31.5 Å². The monoisotopic (exact) mass is 234 g/mol. The number of ether oxygens (including phenoxy) is 1. The number of hydrogen-bond acceptors (Lipinski definition) is 5. The topological polar surface area (TPSA) is 62.0 Å². The van der Waals surface area contributed by atoms with E-state index >= 15 is 0 Å². The Morgan fingerprint density at radius 3 is 2.88 bits per heavy atom. The summed E-state index contributed by atoms with van der Waals surface area (Å²) in [6.45, 7) is 5.42. The third kappa shape index (κ3) is 4.68. The van der Waals surface area contributed by atoms with Crippen molar-refractivity contribution >= 4 is 5.82 Å². The second-order valence-electron chi connectivity index (χ2n) is 4.25. The SMILES string of the molecule is CC(C)COc1cncc(N(C)CCC#N)n1. The van der Waals surface area contributed by atoms with Gasteiger partial charge in [-0.3, -0.25) is 4.98 Å². The highest BCUT2D eigenvalue weighted by atomic mass is 16.5. The molecule has 0 amide bonds.